The summed E-state index contributed by atoms with van der Waals surface area (Å²) in [6.45, 7) is 1.65. The van der Waals surface area contributed by atoms with Gasteiger partial charge in [0, 0.05) is 26.1 Å². The van der Waals surface area contributed by atoms with E-state index in [1.165, 1.54) is 19.3 Å². The number of amides is 2. The molecule has 0 saturated heterocycles. The Hall–Kier alpha value is -1.30. The van der Waals surface area contributed by atoms with Gasteiger partial charge in [0.15, 0.2) is 0 Å². The minimum atomic E-state index is -0.841. The van der Waals surface area contributed by atoms with E-state index in [0.717, 1.165) is 19.3 Å². The molecule has 6 nitrogen and oxygen atoms in total. The van der Waals surface area contributed by atoms with Crippen LogP contribution in [-0.2, 0) is 9.53 Å². The largest absolute Gasteiger partial charge is 0.481 e. The zero-order chi connectivity index (χ0) is 14.6. The Morgan fingerprint density at radius 1 is 1.05 bits per heavy atom. The first kappa shape index (κ1) is 16.8. The van der Waals surface area contributed by atoms with E-state index >= 15 is 0 Å². The van der Waals surface area contributed by atoms with Crippen molar-refractivity contribution in [3.05, 3.63) is 0 Å². The van der Waals surface area contributed by atoms with Gasteiger partial charge in [-0.3, -0.25) is 4.79 Å². The van der Waals surface area contributed by atoms with Crippen molar-refractivity contribution in [3.63, 3.8) is 0 Å². The first-order valence-corrected chi connectivity index (χ1v) is 7.53. The zero-order valence-corrected chi connectivity index (χ0v) is 12.0. The van der Waals surface area contributed by atoms with Gasteiger partial charge >= 0.3 is 12.0 Å². The van der Waals surface area contributed by atoms with E-state index in [1.807, 2.05) is 0 Å². The predicted molar refractivity (Wildman–Crippen MR) is 75.7 cm³/mol. The van der Waals surface area contributed by atoms with Crippen molar-refractivity contribution < 1.29 is 19.4 Å². The van der Waals surface area contributed by atoms with E-state index in [1.54, 1.807) is 0 Å². The Morgan fingerprint density at radius 3 is 2.35 bits per heavy atom. The van der Waals surface area contributed by atoms with Crippen LogP contribution in [-0.4, -0.2) is 42.9 Å². The lowest BCUT2D eigenvalue weighted by Gasteiger charge is -2.21. The number of ether oxygens (including phenoxy) is 1. The first-order chi connectivity index (χ1) is 9.68. The van der Waals surface area contributed by atoms with Gasteiger partial charge < -0.3 is 20.5 Å². The first-order valence-electron chi connectivity index (χ1n) is 7.53. The third-order valence-electron chi connectivity index (χ3n) is 3.37. The summed E-state index contributed by atoms with van der Waals surface area (Å²) < 4.78 is 5.75. The standard InChI is InChI=1S/C14H26N2O4/c17-13(18)8-4-9-15-14(19)16-10-5-11-20-12-6-2-1-3-7-12/h12H,1-11H2,(H,17,18)(H2,15,16,19). The van der Waals surface area contributed by atoms with E-state index < -0.39 is 5.97 Å². The van der Waals surface area contributed by atoms with Crippen LogP contribution >= 0.6 is 0 Å². The van der Waals surface area contributed by atoms with E-state index in [9.17, 15) is 9.59 Å². The second-order valence-corrected chi connectivity index (χ2v) is 5.16. The molecule has 0 aromatic rings. The van der Waals surface area contributed by atoms with Gasteiger partial charge in [0.1, 0.15) is 0 Å². The van der Waals surface area contributed by atoms with Crippen molar-refractivity contribution in [3.8, 4) is 0 Å². The van der Waals surface area contributed by atoms with Crippen molar-refractivity contribution in [2.24, 2.45) is 0 Å². The maximum Gasteiger partial charge on any atom is 0.314 e. The molecule has 6 heteroatoms. The molecule has 0 heterocycles. The number of rotatable bonds is 9. The van der Waals surface area contributed by atoms with E-state index in [2.05, 4.69) is 10.6 Å². The number of carboxylic acid groups (broad SMARTS) is 1. The summed E-state index contributed by atoms with van der Waals surface area (Å²) in [5, 5.41) is 13.8. The number of aliphatic carboxylic acids is 1. The Bertz CT molecular complexity index is 291. The molecule has 20 heavy (non-hydrogen) atoms. The van der Waals surface area contributed by atoms with Crippen LogP contribution in [0, 0.1) is 0 Å². The fourth-order valence-corrected chi connectivity index (χ4v) is 2.26. The number of hydrogen-bond donors (Lipinski definition) is 3. The molecular formula is C14H26N2O4. The second kappa shape index (κ2) is 10.5. The van der Waals surface area contributed by atoms with Crippen LogP contribution in [0.15, 0.2) is 0 Å². The highest BCUT2D eigenvalue weighted by atomic mass is 16.5. The molecule has 0 atom stereocenters. The number of hydrogen-bond acceptors (Lipinski definition) is 3. The lowest BCUT2D eigenvalue weighted by molar-refractivity contribution is -0.137. The average molecular weight is 286 g/mol. The number of carbonyl (C=O) groups excluding carboxylic acids is 1. The molecule has 1 aliphatic rings. The number of carboxylic acids is 1. The van der Waals surface area contributed by atoms with Crippen LogP contribution in [0.3, 0.4) is 0 Å². The van der Waals surface area contributed by atoms with Crippen molar-refractivity contribution in [2.75, 3.05) is 19.7 Å². The lowest BCUT2D eigenvalue weighted by Crippen LogP contribution is -2.37. The Morgan fingerprint density at radius 2 is 1.70 bits per heavy atom. The van der Waals surface area contributed by atoms with Crippen LogP contribution in [0.1, 0.15) is 51.4 Å². The minimum Gasteiger partial charge on any atom is -0.481 e. The highest BCUT2D eigenvalue weighted by Gasteiger charge is 2.12. The smallest absolute Gasteiger partial charge is 0.314 e. The molecular weight excluding hydrogens is 260 g/mol. The molecule has 0 bridgehead atoms. The molecule has 0 spiro atoms. The summed E-state index contributed by atoms with van der Waals surface area (Å²) >= 11 is 0. The maximum absolute atomic E-state index is 11.3. The Balaban J connectivity index is 1.87. The normalized spacial score (nSPS) is 15.8. The van der Waals surface area contributed by atoms with Gasteiger partial charge in [-0.25, -0.2) is 4.79 Å². The van der Waals surface area contributed by atoms with Gasteiger partial charge in [-0.1, -0.05) is 19.3 Å². The highest BCUT2D eigenvalue weighted by Crippen LogP contribution is 2.20. The highest BCUT2D eigenvalue weighted by molar-refractivity contribution is 5.73. The number of nitrogens with one attached hydrogen (secondary N) is 2. The predicted octanol–water partition coefficient (Wildman–Crippen LogP) is 1.89. The lowest BCUT2D eigenvalue weighted by atomic mass is 9.98. The van der Waals surface area contributed by atoms with Crippen LogP contribution in [0.2, 0.25) is 0 Å². The van der Waals surface area contributed by atoms with E-state index in [-0.39, 0.29) is 12.5 Å². The molecule has 0 aromatic carbocycles. The van der Waals surface area contributed by atoms with Crippen LogP contribution < -0.4 is 10.6 Å². The van der Waals surface area contributed by atoms with Crippen molar-refractivity contribution >= 4 is 12.0 Å². The topological polar surface area (TPSA) is 87.7 Å². The van der Waals surface area contributed by atoms with Gasteiger partial charge in [0.05, 0.1) is 6.10 Å². The summed E-state index contributed by atoms with van der Waals surface area (Å²) in [6.07, 6.45) is 7.93. The summed E-state index contributed by atoms with van der Waals surface area (Å²) in [5.74, 6) is -0.841. The molecule has 0 radical (unpaired) electrons. The summed E-state index contributed by atoms with van der Waals surface area (Å²) in [7, 11) is 0. The summed E-state index contributed by atoms with van der Waals surface area (Å²) in [4.78, 5) is 21.6. The average Bonchev–Trinajstić information content (AvgIpc) is 2.44. The molecule has 0 aliphatic heterocycles. The fraction of sp³-hybridized carbons (Fsp3) is 0.857. The molecule has 3 N–H and O–H groups in total. The van der Waals surface area contributed by atoms with Crippen LogP contribution in [0.25, 0.3) is 0 Å². The van der Waals surface area contributed by atoms with Gasteiger partial charge in [0.2, 0.25) is 0 Å². The zero-order valence-electron chi connectivity index (χ0n) is 12.0. The molecule has 1 aliphatic carbocycles. The molecule has 116 valence electrons. The van der Waals surface area contributed by atoms with Gasteiger partial charge in [-0.2, -0.15) is 0 Å². The van der Waals surface area contributed by atoms with Crippen LogP contribution in [0.4, 0.5) is 4.79 Å². The molecule has 2 amide bonds. The van der Waals surface area contributed by atoms with Gasteiger partial charge in [-0.05, 0) is 25.7 Å². The van der Waals surface area contributed by atoms with E-state index in [0.29, 0.717) is 32.2 Å². The third kappa shape index (κ3) is 8.74. The van der Waals surface area contributed by atoms with Crippen molar-refractivity contribution in [1.29, 1.82) is 0 Å². The SMILES string of the molecule is O=C(O)CCCNC(=O)NCCCOC1CCCCC1. The third-order valence-corrected chi connectivity index (χ3v) is 3.37. The monoisotopic (exact) mass is 286 g/mol. The second-order valence-electron chi connectivity index (χ2n) is 5.16. The summed E-state index contributed by atoms with van der Waals surface area (Å²) in [5.41, 5.74) is 0. The van der Waals surface area contributed by atoms with Crippen molar-refractivity contribution in [2.45, 2.75) is 57.5 Å². The maximum atomic E-state index is 11.3. The van der Waals surface area contributed by atoms with Crippen molar-refractivity contribution in [1.82, 2.24) is 10.6 Å². The molecule has 1 rings (SSSR count). The van der Waals surface area contributed by atoms with Crippen LogP contribution in [0.5, 0.6) is 0 Å². The number of urea groups is 1. The van der Waals surface area contributed by atoms with Gasteiger partial charge in [0.25, 0.3) is 0 Å². The van der Waals surface area contributed by atoms with E-state index in [4.69, 9.17) is 9.84 Å². The fourth-order valence-electron chi connectivity index (χ4n) is 2.26. The summed E-state index contributed by atoms with van der Waals surface area (Å²) in [6, 6.07) is -0.243. The molecule has 1 fully saturated rings. The molecule has 1 saturated carbocycles. The molecule has 0 aromatic heterocycles. The number of carbonyl (C=O) groups is 2. The Kier molecular flexibility index (Phi) is 8.78. The Labute approximate surface area is 120 Å². The van der Waals surface area contributed by atoms with Gasteiger partial charge in [-0.15, -0.1) is 0 Å². The quantitative estimate of drug-likeness (QED) is 0.565. The minimum absolute atomic E-state index is 0.0789. The molecule has 0 unspecified atom stereocenters.